The number of rotatable bonds is 3. The summed E-state index contributed by atoms with van der Waals surface area (Å²) in [6.45, 7) is 9.50. The van der Waals surface area contributed by atoms with E-state index in [9.17, 15) is 0 Å². The van der Waals surface area contributed by atoms with Gasteiger partial charge in [-0.15, -0.1) is 0 Å². The number of ether oxygens (including phenoxy) is 2. The normalized spacial score (nSPS) is 22.1. The third-order valence-electron chi connectivity index (χ3n) is 5.41. The lowest BCUT2D eigenvalue weighted by Crippen LogP contribution is -2.41. The molecule has 0 unspecified atom stereocenters. The van der Waals surface area contributed by atoms with Crippen LogP contribution in [0.25, 0.3) is 11.3 Å². The first kappa shape index (κ1) is 17.7. The Morgan fingerprint density at radius 2 is 1.50 bits per heavy atom. The molecule has 0 saturated carbocycles. The van der Waals surface area contributed by atoms with E-state index >= 15 is 0 Å². The molecule has 6 heteroatoms. The summed E-state index contributed by atoms with van der Waals surface area (Å²) in [7, 11) is -0.346. The van der Waals surface area contributed by atoms with E-state index in [2.05, 4.69) is 32.7 Å². The Balaban J connectivity index is 1.49. The van der Waals surface area contributed by atoms with Gasteiger partial charge in [-0.1, -0.05) is 30.3 Å². The van der Waals surface area contributed by atoms with E-state index in [0.717, 1.165) is 22.3 Å². The first-order valence-corrected chi connectivity index (χ1v) is 9.01. The molecule has 2 aliphatic rings. The van der Waals surface area contributed by atoms with Crippen molar-refractivity contribution in [2.45, 2.75) is 45.2 Å². The van der Waals surface area contributed by atoms with Crippen LogP contribution in [0.1, 0.15) is 39.5 Å². The zero-order valence-corrected chi connectivity index (χ0v) is 15.7. The molecule has 2 fully saturated rings. The van der Waals surface area contributed by atoms with Gasteiger partial charge >= 0.3 is 7.12 Å². The van der Waals surface area contributed by atoms with Crippen molar-refractivity contribution < 1.29 is 18.8 Å². The van der Waals surface area contributed by atoms with Gasteiger partial charge in [-0.3, -0.25) is 4.98 Å². The van der Waals surface area contributed by atoms with Crippen LogP contribution >= 0.6 is 0 Å². The standard InChI is InChI=1S/C20H24BNO4/c1-19(2)20(3,4)26-21(25-19)16-8-5-14(6-9-16)17-10-7-15(13-22-17)18-23-11-12-24-18/h5-10,13,18H,11-12H2,1-4H3. The summed E-state index contributed by atoms with van der Waals surface area (Å²) in [5, 5.41) is 0. The maximum Gasteiger partial charge on any atom is 0.494 e. The highest BCUT2D eigenvalue weighted by Crippen LogP contribution is 2.36. The molecule has 0 bridgehead atoms. The summed E-state index contributed by atoms with van der Waals surface area (Å²) in [5.41, 5.74) is 3.24. The molecule has 0 amide bonds. The van der Waals surface area contributed by atoms with Gasteiger partial charge in [-0.2, -0.15) is 0 Å². The Hall–Kier alpha value is -1.73. The third-order valence-corrected chi connectivity index (χ3v) is 5.41. The van der Waals surface area contributed by atoms with Gasteiger partial charge in [0.2, 0.25) is 0 Å². The second-order valence-corrected chi connectivity index (χ2v) is 7.76. The van der Waals surface area contributed by atoms with Crippen LogP contribution < -0.4 is 5.46 Å². The van der Waals surface area contributed by atoms with Crippen LogP contribution in [0.3, 0.4) is 0 Å². The number of aromatic nitrogens is 1. The van der Waals surface area contributed by atoms with Gasteiger partial charge in [0, 0.05) is 17.3 Å². The van der Waals surface area contributed by atoms with E-state index in [1.807, 2.05) is 42.6 Å². The van der Waals surface area contributed by atoms with Crippen LogP contribution in [0.2, 0.25) is 0 Å². The molecule has 1 aromatic heterocycles. The van der Waals surface area contributed by atoms with E-state index in [1.165, 1.54) is 0 Å². The van der Waals surface area contributed by atoms with Gasteiger partial charge < -0.3 is 18.8 Å². The Morgan fingerprint density at radius 1 is 0.885 bits per heavy atom. The van der Waals surface area contributed by atoms with E-state index in [1.54, 1.807) is 0 Å². The van der Waals surface area contributed by atoms with Crippen LogP contribution in [0.5, 0.6) is 0 Å². The molecule has 1 aromatic carbocycles. The lowest BCUT2D eigenvalue weighted by Gasteiger charge is -2.32. The molecular weight excluding hydrogens is 329 g/mol. The quantitative estimate of drug-likeness (QED) is 0.794. The fourth-order valence-electron chi connectivity index (χ4n) is 3.06. The largest absolute Gasteiger partial charge is 0.494 e. The number of benzene rings is 1. The molecular formula is C20H24BNO4. The van der Waals surface area contributed by atoms with E-state index < -0.39 is 0 Å². The predicted octanol–water partition coefficient (Wildman–Crippen LogP) is 3.09. The van der Waals surface area contributed by atoms with Crippen LogP contribution in [0, 0.1) is 0 Å². The summed E-state index contributed by atoms with van der Waals surface area (Å²) in [6.07, 6.45) is 1.52. The highest BCUT2D eigenvalue weighted by molar-refractivity contribution is 6.62. The first-order valence-electron chi connectivity index (χ1n) is 9.01. The monoisotopic (exact) mass is 353 g/mol. The minimum Gasteiger partial charge on any atom is -0.399 e. The molecule has 2 aliphatic heterocycles. The lowest BCUT2D eigenvalue weighted by molar-refractivity contribution is -0.0443. The predicted molar refractivity (Wildman–Crippen MR) is 100 cm³/mol. The maximum atomic E-state index is 6.10. The molecule has 4 rings (SSSR count). The van der Waals surface area contributed by atoms with Crippen molar-refractivity contribution in [3.63, 3.8) is 0 Å². The molecule has 3 heterocycles. The molecule has 0 spiro atoms. The number of nitrogens with zero attached hydrogens (tertiary/aromatic N) is 1. The van der Waals surface area contributed by atoms with Gasteiger partial charge in [-0.25, -0.2) is 0 Å². The summed E-state index contributed by atoms with van der Waals surface area (Å²) >= 11 is 0. The van der Waals surface area contributed by atoms with Gasteiger partial charge in [0.25, 0.3) is 0 Å². The average Bonchev–Trinajstić information content (AvgIpc) is 3.22. The Morgan fingerprint density at radius 3 is 2.04 bits per heavy atom. The van der Waals surface area contributed by atoms with Gasteiger partial charge in [0.05, 0.1) is 30.1 Å². The minimum absolute atomic E-state index is 0.290. The number of hydrogen-bond acceptors (Lipinski definition) is 5. The molecule has 2 aromatic rings. The topological polar surface area (TPSA) is 49.8 Å². The second kappa shape index (κ2) is 6.46. The highest BCUT2D eigenvalue weighted by Gasteiger charge is 2.51. The van der Waals surface area contributed by atoms with Gasteiger partial charge in [0.15, 0.2) is 6.29 Å². The second-order valence-electron chi connectivity index (χ2n) is 7.76. The summed E-state index contributed by atoms with van der Waals surface area (Å²) < 4.78 is 23.2. The van der Waals surface area contributed by atoms with Crippen molar-refractivity contribution in [2.24, 2.45) is 0 Å². The third kappa shape index (κ3) is 3.18. The van der Waals surface area contributed by atoms with E-state index in [4.69, 9.17) is 18.8 Å². The fraction of sp³-hybridized carbons (Fsp3) is 0.450. The van der Waals surface area contributed by atoms with Gasteiger partial charge in [-0.05, 0) is 39.2 Å². The molecule has 5 nitrogen and oxygen atoms in total. The summed E-state index contributed by atoms with van der Waals surface area (Å²) in [5.74, 6) is 0. The zero-order chi connectivity index (χ0) is 18.4. The van der Waals surface area contributed by atoms with Crippen molar-refractivity contribution in [3.05, 3.63) is 48.2 Å². The number of pyridine rings is 1. The van der Waals surface area contributed by atoms with Crippen LogP contribution in [-0.4, -0.2) is 36.5 Å². The SMILES string of the molecule is CC1(C)OB(c2ccc(-c3ccc(C4OCCO4)cn3)cc2)OC1(C)C. The molecule has 0 radical (unpaired) electrons. The van der Waals surface area contributed by atoms with Crippen LogP contribution in [0.15, 0.2) is 42.6 Å². The van der Waals surface area contributed by atoms with Crippen molar-refractivity contribution >= 4 is 12.6 Å². The molecule has 0 atom stereocenters. The van der Waals surface area contributed by atoms with Crippen molar-refractivity contribution in [1.29, 1.82) is 0 Å². The summed E-state index contributed by atoms with van der Waals surface area (Å²) in [6, 6.07) is 12.2. The molecule has 136 valence electrons. The molecule has 26 heavy (non-hydrogen) atoms. The van der Waals surface area contributed by atoms with Gasteiger partial charge in [0.1, 0.15) is 0 Å². The first-order chi connectivity index (χ1) is 12.4. The minimum atomic E-state index is -0.346. The fourth-order valence-corrected chi connectivity index (χ4v) is 3.06. The van der Waals surface area contributed by atoms with Crippen molar-refractivity contribution in [1.82, 2.24) is 4.98 Å². The van der Waals surface area contributed by atoms with Crippen LogP contribution in [-0.2, 0) is 18.8 Å². The Labute approximate surface area is 154 Å². The molecule has 2 saturated heterocycles. The smallest absolute Gasteiger partial charge is 0.399 e. The maximum absolute atomic E-state index is 6.10. The lowest BCUT2D eigenvalue weighted by atomic mass is 9.79. The zero-order valence-electron chi connectivity index (χ0n) is 15.7. The molecule has 0 N–H and O–H groups in total. The molecule has 0 aliphatic carbocycles. The van der Waals surface area contributed by atoms with Crippen molar-refractivity contribution in [3.8, 4) is 11.3 Å². The summed E-state index contributed by atoms with van der Waals surface area (Å²) in [4.78, 5) is 4.54. The van der Waals surface area contributed by atoms with E-state index in [0.29, 0.717) is 13.2 Å². The Bertz CT molecular complexity index is 751. The Kier molecular flexibility index (Phi) is 4.39. The van der Waals surface area contributed by atoms with Crippen molar-refractivity contribution in [2.75, 3.05) is 13.2 Å². The van der Waals surface area contributed by atoms with Crippen LogP contribution in [0.4, 0.5) is 0 Å². The van der Waals surface area contributed by atoms with E-state index in [-0.39, 0.29) is 24.6 Å². The number of hydrogen-bond donors (Lipinski definition) is 0. The highest BCUT2D eigenvalue weighted by atomic mass is 16.7. The average molecular weight is 353 g/mol.